The first-order valence-corrected chi connectivity index (χ1v) is 11.0. The molecule has 2 N–H and O–H groups in total. The van der Waals surface area contributed by atoms with Gasteiger partial charge in [0.15, 0.2) is 0 Å². The molecule has 25 heavy (non-hydrogen) atoms. The summed E-state index contributed by atoms with van der Waals surface area (Å²) >= 11 is 0. The summed E-state index contributed by atoms with van der Waals surface area (Å²) in [6, 6.07) is 4.45. The summed E-state index contributed by atoms with van der Waals surface area (Å²) in [5.74, 6) is 0. The highest BCUT2D eigenvalue weighted by Gasteiger charge is 2.27. The minimum Gasteiger partial charge on any atom is -0.385 e. The van der Waals surface area contributed by atoms with Crippen LogP contribution in [0.4, 0.5) is 5.69 Å². The van der Waals surface area contributed by atoms with E-state index in [1.807, 2.05) is 0 Å². The van der Waals surface area contributed by atoms with E-state index in [1.54, 1.807) is 26.3 Å². The average Bonchev–Trinajstić information content (AvgIpc) is 2.55. The summed E-state index contributed by atoms with van der Waals surface area (Å²) in [6.07, 6.45) is 7.95. The summed E-state index contributed by atoms with van der Waals surface area (Å²) < 4.78 is 25.9. The maximum Gasteiger partial charge on any atom is 0.216 e. The van der Waals surface area contributed by atoms with Crippen molar-refractivity contribution in [1.29, 1.82) is 0 Å². The number of fused-ring (bicyclic) bond motifs is 1. The normalized spacial score (nSPS) is 15.0. The van der Waals surface area contributed by atoms with Gasteiger partial charge >= 0.3 is 0 Å². The standard InChI is InChI=1S/C20H34N2O2S/c1-16-12-13-19(18-11-7-6-10-17(16)18)21-14-8-5-9-15-22-25(23,24)20(2,3)4/h12-13,21-22H,5-11,14-15H2,1-4H3. The minimum absolute atomic E-state index is 0.527. The van der Waals surface area contributed by atoms with Gasteiger partial charge in [-0.05, 0) is 89.0 Å². The van der Waals surface area contributed by atoms with Crippen LogP contribution in [0.1, 0.15) is 69.6 Å². The number of benzene rings is 1. The van der Waals surface area contributed by atoms with E-state index in [9.17, 15) is 8.42 Å². The van der Waals surface area contributed by atoms with Gasteiger partial charge in [0, 0.05) is 18.8 Å². The van der Waals surface area contributed by atoms with E-state index in [4.69, 9.17) is 0 Å². The zero-order valence-electron chi connectivity index (χ0n) is 16.2. The van der Waals surface area contributed by atoms with Gasteiger partial charge in [-0.15, -0.1) is 0 Å². The molecule has 0 bridgehead atoms. The zero-order valence-corrected chi connectivity index (χ0v) is 17.1. The topological polar surface area (TPSA) is 58.2 Å². The van der Waals surface area contributed by atoms with Crippen LogP contribution in [0, 0.1) is 6.92 Å². The summed E-state index contributed by atoms with van der Waals surface area (Å²) in [4.78, 5) is 0. The van der Waals surface area contributed by atoms with Gasteiger partial charge in [-0.2, -0.15) is 0 Å². The van der Waals surface area contributed by atoms with E-state index in [2.05, 4.69) is 29.1 Å². The van der Waals surface area contributed by atoms with Gasteiger partial charge in [-0.1, -0.05) is 12.5 Å². The van der Waals surface area contributed by atoms with Crippen LogP contribution in [0.15, 0.2) is 12.1 Å². The van der Waals surface area contributed by atoms with E-state index in [-0.39, 0.29) is 0 Å². The number of hydrogen-bond donors (Lipinski definition) is 2. The fourth-order valence-electron chi connectivity index (χ4n) is 3.29. The van der Waals surface area contributed by atoms with Crippen molar-refractivity contribution >= 4 is 15.7 Å². The first-order valence-electron chi connectivity index (χ1n) is 9.57. The molecule has 0 aliphatic heterocycles. The number of aryl methyl sites for hydroxylation is 1. The molecular weight excluding hydrogens is 332 g/mol. The zero-order chi connectivity index (χ0) is 18.5. The average molecular weight is 367 g/mol. The number of unbranched alkanes of at least 4 members (excludes halogenated alkanes) is 2. The third kappa shape index (κ3) is 5.45. The largest absolute Gasteiger partial charge is 0.385 e. The Morgan fingerprint density at radius 1 is 0.960 bits per heavy atom. The number of sulfonamides is 1. The van der Waals surface area contributed by atoms with E-state index >= 15 is 0 Å². The van der Waals surface area contributed by atoms with E-state index in [1.165, 1.54) is 42.5 Å². The molecule has 5 heteroatoms. The lowest BCUT2D eigenvalue weighted by Crippen LogP contribution is -2.39. The van der Waals surface area contributed by atoms with Crippen LogP contribution >= 0.6 is 0 Å². The Kier molecular flexibility index (Phi) is 6.92. The monoisotopic (exact) mass is 366 g/mol. The van der Waals surface area contributed by atoms with E-state index in [0.717, 1.165) is 25.8 Å². The summed E-state index contributed by atoms with van der Waals surface area (Å²) in [7, 11) is -3.21. The molecule has 4 nitrogen and oxygen atoms in total. The molecule has 0 saturated carbocycles. The predicted molar refractivity (Wildman–Crippen MR) is 107 cm³/mol. The molecule has 0 heterocycles. The molecule has 0 atom stereocenters. The van der Waals surface area contributed by atoms with Crippen molar-refractivity contribution in [2.75, 3.05) is 18.4 Å². The van der Waals surface area contributed by atoms with Crippen LogP contribution in [0.5, 0.6) is 0 Å². The Morgan fingerprint density at radius 3 is 2.28 bits per heavy atom. The SMILES string of the molecule is Cc1ccc(NCCCCCNS(=O)(=O)C(C)(C)C)c2c1CCCC2. The quantitative estimate of drug-likeness (QED) is 0.679. The molecule has 0 fully saturated rings. The lowest BCUT2D eigenvalue weighted by molar-refractivity contribution is 0.540. The maximum absolute atomic E-state index is 12.0. The van der Waals surface area contributed by atoms with Gasteiger partial charge in [0.25, 0.3) is 0 Å². The van der Waals surface area contributed by atoms with Crippen molar-refractivity contribution < 1.29 is 8.42 Å². The van der Waals surface area contributed by atoms with Gasteiger partial charge < -0.3 is 5.32 Å². The van der Waals surface area contributed by atoms with Crippen LogP contribution in [0.2, 0.25) is 0 Å². The van der Waals surface area contributed by atoms with Crippen molar-refractivity contribution in [2.24, 2.45) is 0 Å². The fourth-order valence-corrected chi connectivity index (χ4v) is 4.13. The molecule has 1 aromatic rings. The van der Waals surface area contributed by atoms with Crippen LogP contribution in [0.25, 0.3) is 0 Å². The van der Waals surface area contributed by atoms with Gasteiger partial charge in [0.1, 0.15) is 0 Å². The van der Waals surface area contributed by atoms with Crippen molar-refractivity contribution in [3.05, 3.63) is 28.8 Å². The Balaban J connectivity index is 1.71. The van der Waals surface area contributed by atoms with Crippen LogP contribution in [-0.2, 0) is 22.9 Å². The van der Waals surface area contributed by atoms with Crippen molar-refractivity contribution in [2.45, 2.75) is 77.4 Å². The molecule has 2 rings (SSSR count). The Labute approximate surface area is 153 Å². The molecule has 0 spiro atoms. The molecule has 0 radical (unpaired) electrons. The number of rotatable bonds is 8. The van der Waals surface area contributed by atoms with E-state index in [0.29, 0.717) is 6.54 Å². The molecule has 0 saturated heterocycles. The Morgan fingerprint density at radius 2 is 1.60 bits per heavy atom. The molecule has 142 valence electrons. The third-order valence-corrected chi connectivity index (χ3v) is 7.23. The summed E-state index contributed by atoms with van der Waals surface area (Å²) in [6.45, 7) is 8.86. The van der Waals surface area contributed by atoms with Crippen LogP contribution in [-0.4, -0.2) is 26.3 Å². The lowest BCUT2D eigenvalue weighted by Gasteiger charge is -2.22. The van der Waals surface area contributed by atoms with Gasteiger partial charge in [0.05, 0.1) is 4.75 Å². The Hall–Kier alpha value is -1.07. The summed E-state index contributed by atoms with van der Waals surface area (Å²) in [5, 5.41) is 3.59. The molecule has 1 aromatic carbocycles. The van der Waals surface area contributed by atoms with Crippen LogP contribution < -0.4 is 10.0 Å². The Bertz CT molecular complexity index is 676. The predicted octanol–water partition coefficient (Wildman–Crippen LogP) is 4.17. The lowest BCUT2D eigenvalue weighted by atomic mass is 9.87. The molecule has 0 unspecified atom stereocenters. The molecular formula is C20H34N2O2S. The van der Waals surface area contributed by atoms with Gasteiger partial charge in [-0.3, -0.25) is 0 Å². The third-order valence-electron chi connectivity index (χ3n) is 5.04. The molecule has 1 aliphatic carbocycles. The maximum atomic E-state index is 12.0. The van der Waals surface area contributed by atoms with Crippen LogP contribution in [0.3, 0.4) is 0 Å². The second-order valence-electron chi connectivity index (χ2n) is 8.09. The highest BCUT2D eigenvalue weighted by molar-refractivity contribution is 7.90. The highest BCUT2D eigenvalue weighted by atomic mass is 32.2. The number of anilines is 1. The first-order chi connectivity index (χ1) is 11.7. The minimum atomic E-state index is -3.21. The smallest absolute Gasteiger partial charge is 0.216 e. The molecule has 0 amide bonds. The molecule has 0 aromatic heterocycles. The first kappa shape index (κ1) is 20.2. The van der Waals surface area contributed by atoms with Gasteiger partial charge in [0.2, 0.25) is 10.0 Å². The second kappa shape index (κ2) is 8.54. The second-order valence-corrected chi connectivity index (χ2v) is 10.6. The summed E-state index contributed by atoms with van der Waals surface area (Å²) in [5.41, 5.74) is 5.79. The van der Waals surface area contributed by atoms with Crippen molar-refractivity contribution in [3.8, 4) is 0 Å². The highest BCUT2D eigenvalue weighted by Crippen LogP contribution is 2.30. The molecule has 1 aliphatic rings. The number of nitrogens with one attached hydrogen (secondary N) is 2. The van der Waals surface area contributed by atoms with E-state index < -0.39 is 14.8 Å². The number of hydrogen-bond acceptors (Lipinski definition) is 3. The van der Waals surface area contributed by atoms with Crippen molar-refractivity contribution in [3.63, 3.8) is 0 Å². The fraction of sp³-hybridized carbons (Fsp3) is 0.700. The van der Waals surface area contributed by atoms with Gasteiger partial charge in [-0.25, -0.2) is 13.1 Å². The van der Waals surface area contributed by atoms with Crippen molar-refractivity contribution in [1.82, 2.24) is 4.72 Å².